The van der Waals surface area contributed by atoms with Crippen LogP contribution < -0.4 is 15.8 Å². The first kappa shape index (κ1) is 16.9. The van der Waals surface area contributed by atoms with Gasteiger partial charge in [0.1, 0.15) is 19.0 Å². The molecule has 7 heteroatoms. The first-order valence-electron chi connectivity index (χ1n) is 6.86. The molecule has 2 aromatic carbocycles. The molecule has 0 bridgehead atoms. The van der Waals surface area contributed by atoms with Gasteiger partial charge >= 0.3 is 0 Å². The fraction of sp³-hybridized carbons (Fsp3) is 0.125. The van der Waals surface area contributed by atoms with Gasteiger partial charge in [-0.05, 0) is 30.7 Å². The van der Waals surface area contributed by atoms with Crippen molar-refractivity contribution in [2.75, 3.05) is 11.5 Å². The standard InChI is InChI=1S/C16H17N3O3S/c1-11-6-2-3-7-12(11)16(21)18-10-22-23-19-14-9-5-4-8-13(14)15(17)20/h2-9,19H,10H2,1H3,(H2,17,20)(H,18,21). The molecule has 2 aromatic rings. The Labute approximate surface area is 138 Å². The van der Waals surface area contributed by atoms with Crippen molar-refractivity contribution >= 4 is 29.7 Å². The Balaban J connectivity index is 1.77. The molecule has 2 amide bonds. The van der Waals surface area contributed by atoms with E-state index in [4.69, 9.17) is 9.92 Å². The fourth-order valence-electron chi connectivity index (χ4n) is 1.91. The average Bonchev–Trinajstić information content (AvgIpc) is 2.55. The number of para-hydroxylation sites is 1. The molecule has 0 saturated heterocycles. The molecule has 0 aliphatic rings. The van der Waals surface area contributed by atoms with Gasteiger partial charge in [-0.15, -0.1) is 0 Å². The SMILES string of the molecule is Cc1ccccc1C(=O)NCOSNc1ccccc1C(N)=O. The summed E-state index contributed by atoms with van der Waals surface area (Å²) in [6.07, 6.45) is 0. The van der Waals surface area contributed by atoms with Crippen molar-refractivity contribution in [3.63, 3.8) is 0 Å². The third kappa shape index (κ3) is 4.73. The highest BCUT2D eigenvalue weighted by molar-refractivity contribution is 7.96. The Bertz CT molecular complexity index is 706. The van der Waals surface area contributed by atoms with Crippen LogP contribution in [-0.2, 0) is 4.18 Å². The van der Waals surface area contributed by atoms with E-state index in [0.717, 1.165) is 17.8 Å². The molecule has 2 rings (SSSR count). The van der Waals surface area contributed by atoms with Crippen molar-refractivity contribution in [3.05, 3.63) is 65.2 Å². The second-order valence-electron chi connectivity index (χ2n) is 4.68. The average molecular weight is 331 g/mol. The van der Waals surface area contributed by atoms with E-state index >= 15 is 0 Å². The highest BCUT2D eigenvalue weighted by Gasteiger charge is 2.08. The summed E-state index contributed by atoms with van der Waals surface area (Å²) in [7, 11) is 0. The lowest BCUT2D eigenvalue weighted by Gasteiger charge is -2.10. The van der Waals surface area contributed by atoms with Crippen molar-refractivity contribution < 1.29 is 13.8 Å². The van der Waals surface area contributed by atoms with E-state index in [2.05, 4.69) is 10.0 Å². The predicted molar refractivity (Wildman–Crippen MR) is 90.8 cm³/mol. The van der Waals surface area contributed by atoms with Crippen LogP contribution in [0.3, 0.4) is 0 Å². The molecule has 0 spiro atoms. The molecule has 120 valence electrons. The molecule has 0 aliphatic carbocycles. The zero-order valence-corrected chi connectivity index (χ0v) is 13.4. The summed E-state index contributed by atoms with van der Waals surface area (Å²) in [5.74, 6) is -0.734. The zero-order valence-electron chi connectivity index (χ0n) is 12.5. The van der Waals surface area contributed by atoms with Gasteiger partial charge in [0.15, 0.2) is 0 Å². The predicted octanol–water partition coefficient (Wildman–Crippen LogP) is 2.47. The van der Waals surface area contributed by atoms with Crippen molar-refractivity contribution in [1.29, 1.82) is 0 Å². The Morgan fingerprint density at radius 1 is 1.09 bits per heavy atom. The Morgan fingerprint density at radius 3 is 2.43 bits per heavy atom. The minimum Gasteiger partial charge on any atom is -0.366 e. The molecule has 0 aliphatic heterocycles. The molecule has 0 fully saturated rings. The van der Waals surface area contributed by atoms with Gasteiger partial charge in [-0.2, -0.15) is 0 Å². The zero-order chi connectivity index (χ0) is 16.7. The van der Waals surface area contributed by atoms with Gasteiger partial charge in [-0.25, -0.2) is 0 Å². The number of rotatable bonds is 7. The number of amides is 2. The van der Waals surface area contributed by atoms with Crippen LogP contribution in [0, 0.1) is 6.92 Å². The number of nitrogens with one attached hydrogen (secondary N) is 2. The second-order valence-corrected chi connectivity index (χ2v) is 5.28. The van der Waals surface area contributed by atoms with Gasteiger partial charge in [0.2, 0.25) is 0 Å². The van der Waals surface area contributed by atoms with Gasteiger partial charge in [-0.1, -0.05) is 30.3 Å². The molecule has 23 heavy (non-hydrogen) atoms. The summed E-state index contributed by atoms with van der Waals surface area (Å²) in [6.45, 7) is 1.89. The van der Waals surface area contributed by atoms with Gasteiger partial charge in [-0.3, -0.25) is 13.8 Å². The van der Waals surface area contributed by atoms with Crippen LogP contribution in [-0.4, -0.2) is 18.5 Å². The van der Waals surface area contributed by atoms with Gasteiger partial charge in [0, 0.05) is 5.56 Å². The lowest BCUT2D eigenvalue weighted by atomic mass is 10.1. The summed E-state index contributed by atoms with van der Waals surface area (Å²) in [6, 6.07) is 14.1. The third-order valence-corrected chi connectivity index (χ3v) is 3.62. The maximum absolute atomic E-state index is 12.0. The van der Waals surface area contributed by atoms with E-state index in [1.807, 2.05) is 19.1 Å². The largest absolute Gasteiger partial charge is 0.366 e. The van der Waals surface area contributed by atoms with E-state index in [1.165, 1.54) is 0 Å². The van der Waals surface area contributed by atoms with Crippen molar-refractivity contribution in [1.82, 2.24) is 5.32 Å². The number of carbonyl (C=O) groups is 2. The van der Waals surface area contributed by atoms with E-state index in [-0.39, 0.29) is 12.6 Å². The molecular weight excluding hydrogens is 314 g/mol. The molecule has 4 N–H and O–H groups in total. The Kier molecular flexibility index (Phi) is 6.02. The van der Waals surface area contributed by atoms with E-state index in [1.54, 1.807) is 36.4 Å². The number of anilines is 1. The van der Waals surface area contributed by atoms with Crippen LogP contribution >= 0.6 is 12.2 Å². The highest BCUT2D eigenvalue weighted by atomic mass is 32.2. The molecule has 0 saturated carbocycles. The number of benzene rings is 2. The Morgan fingerprint density at radius 2 is 1.74 bits per heavy atom. The van der Waals surface area contributed by atoms with Gasteiger partial charge in [0.25, 0.3) is 11.8 Å². The number of hydrogen-bond donors (Lipinski definition) is 3. The molecule has 0 heterocycles. The minimum atomic E-state index is -0.526. The van der Waals surface area contributed by atoms with E-state index in [0.29, 0.717) is 16.8 Å². The topological polar surface area (TPSA) is 93.4 Å². The van der Waals surface area contributed by atoms with Crippen LogP contribution in [0.2, 0.25) is 0 Å². The summed E-state index contributed by atoms with van der Waals surface area (Å²) in [4.78, 5) is 23.2. The first-order valence-corrected chi connectivity index (χ1v) is 7.61. The number of nitrogens with two attached hydrogens (primary N) is 1. The van der Waals surface area contributed by atoms with Crippen LogP contribution in [0.1, 0.15) is 26.3 Å². The summed E-state index contributed by atoms with van der Waals surface area (Å²) in [5, 5.41) is 2.65. The van der Waals surface area contributed by atoms with Crippen LogP contribution in [0.25, 0.3) is 0 Å². The summed E-state index contributed by atoms with van der Waals surface area (Å²) >= 11 is 0.907. The maximum Gasteiger partial charge on any atom is 0.253 e. The number of primary amides is 1. The quantitative estimate of drug-likeness (QED) is 0.314. The molecule has 0 atom stereocenters. The van der Waals surface area contributed by atoms with Gasteiger partial charge in [0.05, 0.1) is 11.3 Å². The van der Waals surface area contributed by atoms with E-state index in [9.17, 15) is 9.59 Å². The summed E-state index contributed by atoms with van der Waals surface area (Å²) in [5.41, 5.74) is 7.70. The fourth-order valence-corrected chi connectivity index (χ4v) is 2.35. The Hall–Kier alpha value is -2.51. The maximum atomic E-state index is 12.0. The van der Waals surface area contributed by atoms with Crippen molar-refractivity contribution in [2.45, 2.75) is 6.92 Å². The highest BCUT2D eigenvalue weighted by Crippen LogP contribution is 2.18. The lowest BCUT2D eigenvalue weighted by Crippen LogP contribution is -2.25. The van der Waals surface area contributed by atoms with Crippen LogP contribution in [0.5, 0.6) is 0 Å². The molecular formula is C16H17N3O3S. The summed E-state index contributed by atoms with van der Waals surface area (Å²) < 4.78 is 8.09. The normalized spacial score (nSPS) is 10.1. The molecule has 6 nitrogen and oxygen atoms in total. The minimum absolute atomic E-state index is 0.0174. The first-order chi connectivity index (χ1) is 11.1. The molecule has 0 aromatic heterocycles. The van der Waals surface area contributed by atoms with Crippen molar-refractivity contribution in [3.8, 4) is 0 Å². The molecule has 0 radical (unpaired) electrons. The smallest absolute Gasteiger partial charge is 0.253 e. The monoisotopic (exact) mass is 331 g/mol. The number of carbonyl (C=O) groups excluding carboxylic acids is 2. The lowest BCUT2D eigenvalue weighted by molar-refractivity contribution is 0.0925. The van der Waals surface area contributed by atoms with Crippen molar-refractivity contribution in [2.24, 2.45) is 5.73 Å². The van der Waals surface area contributed by atoms with Gasteiger partial charge < -0.3 is 15.8 Å². The van der Waals surface area contributed by atoms with Crippen LogP contribution in [0.15, 0.2) is 48.5 Å². The van der Waals surface area contributed by atoms with E-state index < -0.39 is 5.91 Å². The number of hydrogen-bond acceptors (Lipinski definition) is 5. The third-order valence-electron chi connectivity index (χ3n) is 3.08. The number of aryl methyl sites for hydroxylation is 1. The van der Waals surface area contributed by atoms with Crippen LogP contribution in [0.4, 0.5) is 5.69 Å². The second kappa shape index (κ2) is 8.21. The molecule has 0 unspecified atom stereocenters.